The Morgan fingerprint density at radius 1 is 1.17 bits per heavy atom. The fourth-order valence-electron chi connectivity index (χ4n) is 1.33. The van der Waals surface area contributed by atoms with E-state index in [-0.39, 0.29) is 5.56 Å². The molecule has 94 valence electrons. The molecule has 2 unspecified atom stereocenters. The largest absolute Gasteiger partial charge is 0.416 e. The highest BCUT2D eigenvalue weighted by atomic mass is 19.4. The molecule has 18 heavy (non-hydrogen) atoms. The average molecular weight is 256 g/mol. The van der Waals surface area contributed by atoms with Gasteiger partial charge in [0.2, 0.25) is 0 Å². The highest BCUT2D eigenvalue weighted by molar-refractivity contribution is 5.43. The second-order valence-electron chi connectivity index (χ2n) is 3.43. The third kappa shape index (κ3) is 2.77. The molecule has 0 bridgehead atoms. The number of hydrogen-bond acceptors (Lipinski definition) is 4. The van der Waals surface area contributed by atoms with Gasteiger partial charge in [-0.05, 0) is 18.2 Å². The van der Waals surface area contributed by atoms with E-state index in [1.165, 1.54) is 6.07 Å². The maximum absolute atomic E-state index is 12.5. The van der Waals surface area contributed by atoms with E-state index in [1.54, 1.807) is 6.07 Å². The van der Waals surface area contributed by atoms with E-state index in [4.69, 9.17) is 15.6 Å². The van der Waals surface area contributed by atoms with Gasteiger partial charge < -0.3 is 10.2 Å². The molecule has 1 aromatic rings. The molecule has 2 N–H and O–H groups in total. The Morgan fingerprint density at radius 2 is 1.78 bits per heavy atom. The summed E-state index contributed by atoms with van der Waals surface area (Å²) in [6.07, 6.45) is -8.41. The molecule has 4 nitrogen and oxygen atoms in total. The topological polar surface area (TPSA) is 88.0 Å². The first kappa shape index (κ1) is 14.0. The Bertz CT molecular complexity index is 529. The second-order valence-corrected chi connectivity index (χ2v) is 3.43. The summed E-state index contributed by atoms with van der Waals surface area (Å²) < 4.78 is 37.4. The van der Waals surface area contributed by atoms with E-state index in [0.717, 1.165) is 6.07 Å². The number of alkyl halides is 3. The van der Waals surface area contributed by atoms with Crippen molar-refractivity contribution in [3.63, 3.8) is 0 Å². The summed E-state index contributed by atoms with van der Waals surface area (Å²) in [6, 6.07) is 4.99. The predicted octanol–water partition coefficient (Wildman–Crippen LogP) is 1.49. The highest BCUT2D eigenvalue weighted by Crippen LogP contribution is 2.32. The lowest BCUT2D eigenvalue weighted by molar-refractivity contribution is -0.137. The number of halogens is 3. The van der Waals surface area contributed by atoms with Crippen molar-refractivity contribution in [2.24, 2.45) is 0 Å². The van der Waals surface area contributed by atoms with E-state index >= 15 is 0 Å². The van der Waals surface area contributed by atoms with Crippen molar-refractivity contribution < 1.29 is 23.4 Å². The van der Waals surface area contributed by atoms with Gasteiger partial charge in [-0.25, -0.2) is 0 Å². The molecule has 0 fully saturated rings. The van der Waals surface area contributed by atoms with Crippen molar-refractivity contribution in [1.82, 2.24) is 0 Å². The van der Waals surface area contributed by atoms with E-state index in [9.17, 15) is 18.3 Å². The third-order valence-corrected chi connectivity index (χ3v) is 2.25. The molecule has 0 saturated carbocycles. The summed E-state index contributed by atoms with van der Waals surface area (Å²) >= 11 is 0. The molecule has 0 amide bonds. The minimum atomic E-state index is -4.64. The summed E-state index contributed by atoms with van der Waals surface area (Å²) in [5.74, 6) is 0. The number of hydrogen-bond donors (Lipinski definition) is 2. The molecule has 0 radical (unpaired) electrons. The van der Waals surface area contributed by atoms with E-state index in [2.05, 4.69) is 0 Å². The summed E-state index contributed by atoms with van der Waals surface area (Å²) in [7, 11) is 0. The van der Waals surface area contributed by atoms with Crippen LogP contribution in [0.25, 0.3) is 0 Å². The molecule has 0 aliphatic heterocycles. The minimum Gasteiger partial charge on any atom is -0.385 e. The zero-order valence-electron chi connectivity index (χ0n) is 8.81. The second kappa shape index (κ2) is 5.05. The summed E-state index contributed by atoms with van der Waals surface area (Å²) in [5.41, 5.74) is -1.73. The molecular weight excluding hydrogens is 249 g/mol. The van der Waals surface area contributed by atoms with Crippen LogP contribution in [0.4, 0.5) is 13.2 Å². The van der Waals surface area contributed by atoms with Gasteiger partial charge in [-0.15, -0.1) is 0 Å². The number of aliphatic hydroxyl groups excluding tert-OH is 2. The maximum atomic E-state index is 12.5. The van der Waals surface area contributed by atoms with Crippen LogP contribution in [-0.2, 0) is 6.18 Å². The van der Waals surface area contributed by atoms with E-state index < -0.39 is 29.5 Å². The number of benzene rings is 1. The monoisotopic (exact) mass is 256 g/mol. The zero-order valence-corrected chi connectivity index (χ0v) is 8.81. The standard InChI is InChI=1S/C11H7F3N2O2/c12-11(13,14)7-2-1-6(4-15)8(3-7)10(18)9(17)5-16/h1-3,9-10,17-18H. The lowest BCUT2D eigenvalue weighted by Gasteiger charge is -2.15. The summed E-state index contributed by atoms with van der Waals surface area (Å²) in [4.78, 5) is 0. The number of aliphatic hydroxyl groups is 2. The van der Waals surface area contributed by atoms with Crippen molar-refractivity contribution in [2.45, 2.75) is 18.4 Å². The lowest BCUT2D eigenvalue weighted by Crippen LogP contribution is -2.18. The lowest BCUT2D eigenvalue weighted by atomic mass is 9.97. The smallest absolute Gasteiger partial charge is 0.385 e. The molecule has 0 heterocycles. The van der Waals surface area contributed by atoms with Crippen molar-refractivity contribution >= 4 is 0 Å². The molecule has 0 spiro atoms. The Labute approximate surface area is 100 Å². The highest BCUT2D eigenvalue weighted by Gasteiger charge is 2.32. The molecule has 2 atom stereocenters. The van der Waals surface area contributed by atoms with Gasteiger partial charge >= 0.3 is 6.18 Å². The normalized spacial score (nSPS) is 14.4. The molecule has 7 heteroatoms. The zero-order chi connectivity index (χ0) is 13.9. The predicted molar refractivity (Wildman–Crippen MR) is 52.7 cm³/mol. The van der Waals surface area contributed by atoms with Crippen molar-refractivity contribution in [3.8, 4) is 12.1 Å². The first-order chi connectivity index (χ1) is 8.31. The van der Waals surface area contributed by atoms with Gasteiger partial charge in [0, 0.05) is 5.56 Å². The summed E-state index contributed by atoms with van der Waals surface area (Å²) in [6.45, 7) is 0. The molecular formula is C11H7F3N2O2. The van der Waals surface area contributed by atoms with E-state index in [0.29, 0.717) is 12.1 Å². The first-order valence-electron chi connectivity index (χ1n) is 4.68. The van der Waals surface area contributed by atoms with Crippen LogP contribution in [0.1, 0.15) is 22.8 Å². The Morgan fingerprint density at radius 3 is 2.22 bits per heavy atom. The van der Waals surface area contributed by atoms with Crippen LogP contribution in [0, 0.1) is 22.7 Å². The van der Waals surface area contributed by atoms with Crippen LogP contribution in [0.5, 0.6) is 0 Å². The fourth-order valence-corrected chi connectivity index (χ4v) is 1.33. The van der Waals surface area contributed by atoms with Crippen molar-refractivity contribution in [2.75, 3.05) is 0 Å². The van der Waals surface area contributed by atoms with Gasteiger partial charge in [0.1, 0.15) is 6.10 Å². The van der Waals surface area contributed by atoms with Crippen LogP contribution in [-0.4, -0.2) is 16.3 Å². The fraction of sp³-hybridized carbons (Fsp3) is 0.273. The van der Waals surface area contributed by atoms with Gasteiger partial charge in [-0.1, -0.05) is 0 Å². The quantitative estimate of drug-likeness (QED) is 0.785. The van der Waals surface area contributed by atoms with Gasteiger partial charge in [-0.2, -0.15) is 23.7 Å². The van der Waals surface area contributed by atoms with Crippen LogP contribution in [0.3, 0.4) is 0 Å². The third-order valence-electron chi connectivity index (χ3n) is 2.25. The van der Waals surface area contributed by atoms with Gasteiger partial charge in [-0.3, -0.25) is 0 Å². The maximum Gasteiger partial charge on any atom is 0.416 e. The Hall–Kier alpha value is -2.09. The number of nitriles is 2. The average Bonchev–Trinajstić information content (AvgIpc) is 2.35. The van der Waals surface area contributed by atoms with E-state index in [1.807, 2.05) is 0 Å². The Kier molecular flexibility index (Phi) is 3.92. The number of nitrogens with zero attached hydrogens (tertiary/aromatic N) is 2. The SMILES string of the molecule is N#Cc1ccc(C(F)(F)F)cc1C(O)C(O)C#N. The Balaban J connectivity index is 3.33. The van der Waals surface area contributed by atoms with Gasteiger partial charge in [0.25, 0.3) is 0 Å². The minimum absolute atomic E-state index is 0.232. The first-order valence-corrected chi connectivity index (χ1v) is 4.68. The molecule has 1 aromatic carbocycles. The summed E-state index contributed by atoms with van der Waals surface area (Å²) in [5, 5.41) is 35.7. The van der Waals surface area contributed by atoms with Gasteiger partial charge in [0.15, 0.2) is 6.10 Å². The van der Waals surface area contributed by atoms with Crippen LogP contribution >= 0.6 is 0 Å². The van der Waals surface area contributed by atoms with Crippen molar-refractivity contribution in [3.05, 3.63) is 34.9 Å². The molecule has 0 aliphatic carbocycles. The van der Waals surface area contributed by atoms with Crippen molar-refractivity contribution in [1.29, 1.82) is 10.5 Å². The number of rotatable bonds is 2. The molecule has 0 aromatic heterocycles. The van der Waals surface area contributed by atoms with Crippen LogP contribution in [0.15, 0.2) is 18.2 Å². The molecule has 0 aliphatic rings. The van der Waals surface area contributed by atoms with Gasteiger partial charge in [0.05, 0.1) is 23.3 Å². The van der Waals surface area contributed by atoms with Crippen LogP contribution in [0.2, 0.25) is 0 Å². The molecule has 0 saturated heterocycles. The van der Waals surface area contributed by atoms with Crippen LogP contribution < -0.4 is 0 Å². The molecule has 1 rings (SSSR count).